The quantitative estimate of drug-likeness (QED) is 0.133. The van der Waals surface area contributed by atoms with E-state index in [4.69, 9.17) is 0 Å². The van der Waals surface area contributed by atoms with E-state index >= 15 is 0 Å². The van der Waals surface area contributed by atoms with Gasteiger partial charge in [0.1, 0.15) is 12.3 Å². The van der Waals surface area contributed by atoms with Gasteiger partial charge in [0.2, 0.25) is 0 Å². The molecule has 16 aromatic carbocycles. The van der Waals surface area contributed by atoms with Crippen LogP contribution in [0.4, 0.5) is 0 Å². The van der Waals surface area contributed by atoms with Crippen LogP contribution in [0, 0.1) is 0 Å². The molecule has 0 saturated carbocycles. The minimum Gasteiger partial charge on any atom is -0.195 e. The summed E-state index contributed by atoms with van der Waals surface area (Å²) in [6.45, 7) is 0. The molecule has 0 fully saturated rings. The van der Waals surface area contributed by atoms with Gasteiger partial charge in [-0.3, -0.25) is 0 Å². The van der Waals surface area contributed by atoms with Crippen molar-refractivity contribution in [3.05, 3.63) is 340 Å². The van der Waals surface area contributed by atoms with Crippen molar-refractivity contribution in [1.29, 1.82) is 0 Å². The average molecular weight is 1080 g/mol. The molecule has 0 bridgehead atoms. The normalized spacial score (nSPS) is 11.6. The molecule has 384 valence electrons. The van der Waals surface area contributed by atoms with Crippen LogP contribution in [0.1, 0.15) is 0 Å². The van der Waals surface area contributed by atoms with Gasteiger partial charge >= 0.3 is 59.1 Å². The fourth-order valence-electron chi connectivity index (χ4n) is 14.6. The van der Waals surface area contributed by atoms with E-state index in [9.17, 15) is 0 Å². The first kappa shape index (κ1) is 54.9. The Labute approximate surface area is 535 Å². The van der Waals surface area contributed by atoms with Gasteiger partial charge in [-0.25, -0.2) is 0 Å². The van der Waals surface area contributed by atoms with Crippen molar-refractivity contribution >= 4 is 142 Å². The van der Waals surface area contributed by atoms with Crippen LogP contribution in [0.15, 0.2) is 340 Å². The van der Waals surface area contributed by atoms with E-state index in [1.165, 1.54) is 130 Å². The van der Waals surface area contributed by atoms with Crippen LogP contribution in [0.25, 0.3) is 86.2 Å². The topological polar surface area (TPSA) is 0 Å². The Morgan fingerprint density at radius 1 is 0.143 bits per heavy atom. The maximum absolute atomic E-state index is 2.43. The third kappa shape index (κ3) is 9.40. The van der Waals surface area contributed by atoms with E-state index in [0.29, 0.717) is 0 Å². The Balaban J connectivity index is 0.000000153. The van der Waals surface area contributed by atoms with Crippen LogP contribution >= 0.6 is 0 Å². The standard InChI is InChI=1S/2C40H28B.2Na/c1-5-21-33-29(13-1)17-9-25-37(33)41(38-26-10-18-30-14-2-6-22-34(30)38,39-27-11-19-31-15-3-7-23-35(31)39)40-28-12-20-32-16-4-8-24-36(32)40;1-5-13-33-25-37(21-17-29(33)9-1)41(38-22-18-30-10-2-6-14-34(30)26-38,39-23-19-31-11-3-7-15-35(31)27-39)40-24-20-32-12-4-8-16-36(32)28-40;;/h2*1-28H;;/q2*-1;2*+1. The number of rotatable bonds is 8. The average Bonchev–Trinajstić information content (AvgIpc) is 1.29. The molecule has 0 aliphatic rings. The van der Waals surface area contributed by atoms with E-state index < -0.39 is 12.3 Å². The molecule has 0 radical (unpaired) electrons. The van der Waals surface area contributed by atoms with Gasteiger partial charge < -0.3 is 0 Å². The van der Waals surface area contributed by atoms with Gasteiger partial charge in [-0.05, 0) is 64.6 Å². The first-order valence-electron chi connectivity index (χ1n) is 28.9. The zero-order valence-corrected chi connectivity index (χ0v) is 51.5. The molecule has 0 heterocycles. The minimum atomic E-state index is -1.67. The predicted molar refractivity (Wildman–Crippen MR) is 360 cm³/mol. The summed E-state index contributed by atoms with van der Waals surface area (Å²) in [5.74, 6) is 0. The number of hydrogen-bond donors (Lipinski definition) is 0. The van der Waals surface area contributed by atoms with Gasteiger partial charge in [0.05, 0.1) is 0 Å². The molecule has 84 heavy (non-hydrogen) atoms. The van der Waals surface area contributed by atoms with E-state index in [1.54, 1.807) is 0 Å². The molecular formula is C80H56B2Na2. The molecule has 0 atom stereocenters. The maximum atomic E-state index is 2.43. The van der Waals surface area contributed by atoms with Gasteiger partial charge in [0, 0.05) is 0 Å². The maximum Gasteiger partial charge on any atom is 1.00 e. The van der Waals surface area contributed by atoms with Crippen LogP contribution in [-0.2, 0) is 0 Å². The Kier molecular flexibility index (Phi) is 15.3. The number of hydrogen-bond acceptors (Lipinski definition) is 0. The Morgan fingerprint density at radius 3 is 0.571 bits per heavy atom. The Hall–Kier alpha value is -8.27. The fourth-order valence-corrected chi connectivity index (χ4v) is 14.6. The van der Waals surface area contributed by atoms with Crippen molar-refractivity contribution in [1.82, 2.24) is 0 Å². The molecule has 0 N–H and O–H groups in total. The summed E-state index contributed by atoms with van der Waals surface area (Å²) in [7, 11) is 0. The molecule has 4 heteroatoms. The molecule has 0 saturated heterocycles. The molecule has 0 aliphatic carbocycles. The van der Waals surface area contributed by atoms with Crippen molar-refractivity contribution < 1.29 is 59.1 Å². The smallest absolute Gasteiger partial charge is 0.195 e. The van der Waals surface area contributed by atoms with Crippen LogP contribution in [0.3, 0.4) is 0 Å². The summed E-state index contributed by atoms with van der Waals surface area (Å²) in [6.07, 6.45) is -3.21. The molecule has 16 rings (SSSR count). The van der Waals surface area contributed by atoms with Gasteiger partial charge in [-0.15, -0.1) is 0 Å². The van der Waals surface area contributed by atoms with Crippen molar-refractivity contribution in [2.24, 2.45) is 0 Å². The van der Waals surface area contributed by atoms with E-state index in [0.717, 1.165) is 0 Å². The second-order valence-corrected chi connectivity index (χ2v) is 22.4. The monoisotopic (exact) mass is 1080 g/mol. The molecule has 0 nitrogen and oxygen atoms in total. The Bertz CT molecular complexity index is 4440. The molecule has 0 aliphatic heterocycles. The summed E-state index contributed by atoms with van der Waals surface area (Å²) >= 11 is 0. The largest absolute Gasteiger partial charge is 1.00 e. The first-order chi connectivity index (χ1) is 40.6. The van der Waals surface area contributed by atoms with Crippen LogP contribution < -0.4 is 103 Å². The van der Waals surface area contributed by atoms with Crippen molar-refractivity contribution in [3.8, 4) is 0 Å². The van der Waals surface area contributed by atoms with Crippen LogP contribution in [-0.4, -0.2) is 12.3 Å². The van der Waals surface area contributed by atoms with Crippen molar-refractivity contribution in [2.75, 3.05) is 0 Å². The Morgan fingerprint density at radius 2 is 0.333 bits per heavy atom. The first-order valence-corrected chi connectivity index (χ1v) is 28.9. The SMILES string of the molecule is [Na+].[Na+].c1ccc2c([B-](c3cccc4ccccc34)(c3cccc4ccccc34)c3cccc4ccccc34)cccc2c1.c1ccc2cc([B-](c3ccc4ccccc4c3)(c3ccc4ccccc4c3)c3ccc4ccccc4c3)ccc2c1. The minimum absolute atomic E-state index is 0. The molecular weight excluding hydrogens is 1030 g/mol. The third-order valence-corrected chi connectivity index (χ3v) is 18.3. The molecule has 16 aromatic rings. The zero-order chi connectivity index (χ0) is 54.5. The van der Waals surface area contributed by atoms with Gasteiger partial charge in [0.25, 0.3) is 0 Å². The predicted octanol–water partition coefficient (Wildman–Crippen LogP) is 9.36. The van der Waals surface area contributed by atoms with Gasteiger partial charge in [-0.1, -0.05) is 361 Å². The molecule has 0 aromatic heterocycles. The summed E-state index contributed by atoms with van der Waals surface area (Å²) in [5, 5.41) is 20.3. The molecule has 0 spiro atoms. The fraction of sp³-hybridized carbons (Fsp3) is 0. The number of fused-ring (bicyclic) bond motifs is 8. The van der Waals surface area contributed by atoms with Crippen molar-refractivity contribution in [3.63, 3.8) is 0 Å². The van der Waals surface area contributed by atoms with E-state index in [1.807, 2.05) is 0 Å². The second-order valence-electron chi connectivity index (χ2n) is 22.4. The van der Waals surface area contributed by atoms with Crippen LogP contribution in [0.2, 0.25) is 0 Å². The van der Waals surface area contributed by atoms with Crippen LogP contribution in [0.5, 0.6) is 0 Å². The summed E-state index contributed by atoms with van der Waals surface area (Å²) in [5.41, 5.74) is 10.7. The van der Waals surface area contributed by atoms with Crippen molar-refractivity contribution in [2.45, 2.75) is 0 Å². The van der Waals surface area contributed by atoms with Gasteiger partial charge in [0.15, 0.2) is 0 Å². The third-order valence-electron chi connectivity index (χ3n) is 18.3. The second kappa shape index (κ2) is 23.4. The van der Waals surface area contributed by atoms with E-state index in [-0.39, 0.29) is 59.1 Å². The number of benzene rings is 16. The summed E-state index contributed by atoms with van der Waals surface area (Å²) < 4.78 is 0. The van der Waals surface area contributed by atoms with Gasteiger partial charge in [-0.2, -0.15) is 43.7 Å². The summed E-state index contributed by atoms with van der Waals surface area (Å²) in [6, 6.07) is 126. The molecule has 0 unspecified atom stereocenters. The summed E-state index contributed by atoms with van der Waals surface area (Å²) in [4.78, 5) is 0. The molecule has 0 amide bonds. The zero-order valence-electron chi connectivity index (χ0n) is 47.5. The van der Waals surface area contributed by atoms with E-state index in [2.05, 4.69) is 340 Å².